The molecule has 0 N–H and O–H groups in total. The fourth-order valence-corrected chi connectivity index (χ4v) is 5.34. The van der Waals surface area contributed by atoms with Gasteiger partial charge < -0.3 is 28.9 Å². The van der Waals surface area contributed by atoms with Crippen molar-refractivity contribution in [2.75, 3.05) is 38.4 Å². The van der Waals surface area contributed by atoms with Gasteiger partial charge in [-0.05, 0) is 17.8 Å². The van der Waals surface area contributed by atoms with Crippen molar-refractivity contribution >= 4 is 73.5 Å². The highest BCUT2D eigenvalue weighted by Crippen LogP contribution is 2.21. The second-order valence-corrected chi connectivity index (χ2v) is 12.3. The number of carbonyl (C=O) groups excluding carboxylic acids is 6. The van der Waals surface area contributed by atoms with E-state index >= 15 is 0 Å². The lowest BCUT2D eigenvalue weighted by atomic mass is 10.0. The van der Waals surface area contributed by atoms with E-state index in [0.29, 0.717) is 0 Å². The van der Waals surface area contributed by atoms with Crippen LogP contribution in [0.2, 0.25) is 0 Å². The first-order valence-electron chi connectivity index (χ1n) is 13.7. The Bertz CT molecular complexity index is 887. The van der Waals surface area contributed by atoms with E-state index in [4.69, 9.17) is 14.2 Å². The van der Waals surface area contributed by atoms with Crippen molar-refractivity contribution in [3.05, 3.63) is 0 Å². The van der Waals surface area contributed by atoms with Crippen LogP contribution in [-0.2, 0) is 43.0 Å². The molecule has 6 atom stereocenters. The van der Waals surface area contributed by atoms with Crippen LogP contribution in [0.5, 0.6) is 0 Å². The van der Waals surface area contributed by atoms with Gasteiger partial charge in [0.2, 0.25) is 0 Å². The lowest BCUT2D eigenvalue weighted by Gasteiger charge is -2.36. The number of thiol groups is 3. The highest BCUT2D eigenvalue weighted by atomic mass is 32.1. The zero-order valence-electron chi connectivity index (χ0n) is 25.7. The summed E-state index contributed by atoms with van der Waals surface area (Å²) >= 11 is 12.7. The first-order chi connectivity index (χ1) is 19.5. The molecule has 0 aromatic rings. The molecule has 0 aliphatic carbocycles. The largest absolute Gasteiger partial charge is 0.450 e. The Morgan fingerprint density at radius 3 is 0.857 bits per heavy atom. The van der Waals surface area contributed by atoms with E-state index in [1.807, 2.05) is 0 Å². The van der Waals surface area contributed by atoms with Crippen LogP contribution in [0.25, 0.3) is 0 Å². The number of likely N-dealkylation sites (N-methyl/N-ethyl adjacent to an activating group) is 3. The average molecular weight is 658 g/mol. The van der Waals surface area contributed by atoms with E-state index < -0.39 is 89.8 Å². The van der Waals surface area contributed by atoms with Crippen molar-refractivity contribution in [1.29, 1.82) is 0 Å². The fourth-order valence-electron chi connectivity index (χ4n) is 4.15. The maximum atomic E-state index is 13.5. The zero-order chi connectivity index (χ0) is 32.6. The van der Waals surface area contributed by atoms with E-state index in [1.165, 1.54) is 21.1 Å². The Hall–Kier alpha value is -2.13. The lowest BCUT2D eigenvalue weighted by Crippen LogP contribution is -2.56. The number of cyclic esters (lactones) is 3. The van der Waals surface area contributed by atoms with Crippen molar-refractivity contribution in [3.8, 4) is 0 Å². The number of hydrogen-bond acceptors (Lipinski definition) is 12. The Kier molecular flexibility index (Phi) is 15.0. The van der Waals surface area contributed by atoms with E-state index in [0.717, 1.165) is 14.7 Å². The summed E-state index contributed by atoms with van der Waals surface area (Å²) in [5.74, 6) is -6.84. The molecular formula is C27H45N3O9S3. The molecule has 1 fully saturated rings. The molecule has 1 saturated heterocycles. The highest BCUT2D eigenvalue weighted by molar-refractivity contribution is 7.80. The summed E-state index contributed by atoms with van der Waals surface area (Å²) in [7, 11) is 4.03. The number of esters is 3. The van der Waals surface area contributed by atoms with Gasteiger partial charge in [0.05, 0.1) is 0 Å². The molecule has 42 heavy (non-hydrogen) atoms. The molecule has 1 aliphatic rings. The zero-order valence-corrected chi connectivity index (χ0v) is 28.4. The standard InChI is InChI=1S/C27H45N3O9S3/c1-13(2)19-22(31)28(7)17(11-41)26(35)38-21(15(5)6)24(33)30(9)18(12-42)27(36)39-20(14(3)4)23(32)29(8)16(10-40)25(34)37-19/h13-21,40-42H,10-12H2,1-9H3/t16-,17-,18-,19+,20+,21+/m0/s1/i7+2,8+2,9+2. The highest BCUT2D eigenvalue weighted by Gasteiger charge is 2.43. The Balaban J connectivity index is 3.76. The third kappa shape index (κ3) is 8.94. The SMILES string of the molecule is CC(C)[C@H]1OC(=O)[C@H](CS)N([14CH3])C(=O)[C@@H](C(C)C)OC(=O)[C@H](CS)N([14CH3])C(=O)[C@@H](C(C)C)OC(=O)[C@H](CS)N([14CH3])C1=O. The van der Waals surface area contributed by atoms with Crippen LogP contribution in [0.3, 0.4) is 0 Å². The summed E-state index contributed by atoms with van der Waals surface area (Å²) in [6.07, 6.45) is -3.98. The van der Waals surface area contributed by atoms with E-state index in [2.05, 4.69) is 37.9 Å². The minimum Gasteiger partial charge on any atom is -0.450 e. The lowest BCUT2D eigenvalue weighted by molar-refractivity contribution is -0.178. The predicted octanol–water partition coefficient (Wildman–Crippen LogP) is 0.974. The van der Waals surface area contributed by atoms with Gasteiger partial charge in [-0.1, -0.05) is 41.5 Å². The molecule has 1 heterocycles. The number of hydrogen-bond donors (Lipinski definition) is 3. The van der Waals surface area contributed by atoms with Crippen LogP contribution in [-0.4, -0.2) is 125 Å². The second-order valence-electron chi connectivity index (χ2n) is 11.2. The van der Waals surface area contributed by atoms with Crippen LogP contribution in [0.15, 0.2) is 0 Å². The number of amides is 3. The Labute approximate surface area is 264 Å². The monoisotopic (exact) mass is 657 g/mol. The summed E-state index contributed by atoms with van der Waals surface area (Å²) in [6, 6.07) is -3.70. The van der Waals surface area contributed by atoms with Gasteiger partial charge in [-0.15, -0.1) is 0 Å². The molecule has 0 radical (unpaired) electrons. The molecular weight excluding hydrogens is 612 g/mol. The van der Waals surface area contributed by atoms with Gasteiger partial charge in [0.15, 0.2) is 18.3 Å². The minimum absolute atomic E-state index is 0.159. The predicted molar refractivity (Wildman–Crippen MR) is 165 cm³/mol. The molecule has 1 rings (SSSR count). The summed E-state index contributed by atoms with van der Waals surface area (Å²) < 4.78 is 16.8. The molecule has 0 bridgehead atoms. The average Bonchev–Trinajstić information content (AvgIpc) is 2.92. The molecule has 1 aliphatic heterocycles. The number of nitrogens with zero attached hydrogens (tertiary/aromatic N) is 3. The van der Waals surface area contributed by atoms with Gasteiger partial charge in [-0.25, -0.2) is 14.4 Å². The van der Waals surface area contributed by atoms with Crippen LogP contribution < -0.4 is 0 Å². The molecule has 0 saturated carbocycles. The first-order valence-corrected chi connectivity index (χ1v) is 15.6. The minimum atomic E-state index is -1.33. The smallest absolute Gasteiger partial charge is 0.330 e. The summed E-state index contributed by atoms with van der Waals surface area (Å²) in [6.45, 7) is 9.94. The van der Waals surface area contributed by atoms with E-state index in [9.17, 15) is 28.8 Å². The molecule has 15 heteroatoms. The number of carbonyl (C=O) groups is 6. The third-order valence-electron chi connectivity index (χ3n) is 7.06. The van der Waals surface area contributed by atoms with Crippen LogP contribution in [0.4, 0.5) is 0 Å². The summed E-state index contributed by atoms with van der Waals surface area (Å²) in [4.78, 5) is 83.7. The van der Waals surface area contributed by atoms with Gasteiger partial charge in [0.1, 0.15) is 18.1 Å². The van der Waals surface area contributed by atoms with Gasteiger partial charge >= 0.3 is 17.9 Å². The van der Waals surface area contributed by atoms with Crippen molar-refractivity contribution < 1.29 is 43.0 Å². The third-order valence-corrected chi connectivity index (χ3v) is 8.09. The normalized spacial score (nSPS) is 28.2. The van der Waals surface area contributed by atoms with Crippen LogP contribution in [0.1, 0.15) is 41.5 Å². The van der Waals surface area contributed by atoms with Gasteiger partial charge in [-0.2, -0.15) is 37.9 Å². The van der Waals surface area contributed by atoms with Crippen molar-refractivity contribution in [3.63, 3.8) is 0 Å². The van der Waals surface area contributed by atoms with E-state index in [-0.39, 0.29) is 17.3 Å². The number of rotatable bonds is 6. The Morgan fingerprint density at radius 1 is 0.524 bits per heavy atom. The summed E-state index contributed by atoms with van der Waals surface area (Å²) in [5, 5.41) is 0. The maximum absolute atomic E-state index is 13.5. The topological polar surface area (TPSA) is 140 Å². The first kappa shape index (κ1) is 37.9. The maximum Gasteiger partial charge on any atom is 0.330 e. The summed E-state index contributed by atoms with van der Waals surface area (Å²) in [5.41, 5.74) is 0. The van der Waals surface area contributed by atoms with Crippen molar-refractivity contribution in [2.45, 2.75) is 78.0 Å². The van der Waals surface area contributed by atoms with Crippen molar-refractivity contribution in [1.82, 2.24) is 14.7 Å². The molecule has 0 unspecified atom stereocenters. The van der Waals surface area contributed by atoms with Crippen LogP contribution in [0, 0.1) is 17.8 Å². The van der Waals surface area contributed by atoms with Gasteiger partial charge in [0, 0.05) is 38.4 Å². The molecule has 3 amide bonds. The van der Waals surface area contributed by atoms with Gasteiger partial charge in [-0.3, -0.25) is 14.4 Å². The Morgan fingerprint density at radius 2 is 0.714 bits per heavy atom. The van der Waals surface area contributed by atoms with E-state index in [1.54, 1.807) is 41.5 Å². The molecule has 12 nitrogen and oxygen atoms in total. The fraction of sp³-hybridized carbons (Fsp3) is 0.778. The molecule has 0 aromatic heterocycles. The molecule has 240 valence electrons. The number of ether oxygens (including phenoxy) is 3. The van der Waals surface area contributed by atoms with Gasteiger partial charge in [0.25, 0.3) is 17.7 Å². The second kappa shape index (κ2) is 16.6. The molecule has 0 spiro atoms. The quantitative estimate of drug-likeness (QED) is 0.217. The van der Waals surface area contributed by atoms with Crippen LogP contribution >= 0.6 is 37.9 Å². The van der Waals surface area contributed by atoms with Crippen molar-refractivity contribution in [2.24, 2.45) is 17.8 Å². The molecule has 0 aromatic carbocycles.